The number of amides is 2. The summed E-state index contributed by atoms with van der Waals surface area (Å²) in [5, 5.41) is 3.02. The molecule has 0 bridgehead atoms. The lowest BCUT2D eigenvalue weighted by Crippen LogP contribution is -2.54. The van der Waals surface area contributed by atoms with E-state index >= 15 is 0 Å². The van der Waals surface area contributed by atoms with E-state index in [4.69, 9.17) is 0 Å². The third kappa shape index (κ3) is 6.04. The minimum atomic E-state index is -0.0459. The SMILES string of the molecule is CCC[C@H](C(=O)N1CCN(CC(=O)Nc2ccccc2CC)CC1)N(C)C. The van der Waals surface area contributed by atoms with Crippen LogP contribution in [0.5, 0.6) is 0 Å². The maximum absolute atomic E-state index is 12.8. The van der Waals surface area contributed by atoms with Crippen LogP contribution in [-0.2, 0) is 16.0 Å². The summed E-state index contributed by atoms with van der Waals surface area (Å²) >= 11 is 0. The van der Waals surface area contributed by atoms with Gasteiger partial charge in [0.1, 0.15) is 0 Å². The van der Waals surface area contributed by atoms with Crippen LogP contribution in [0.1, 0.15) is 32.3 Å². The van der Waals surface area contributed by atoms with Gasteiger partial charge in [-0.3, -0.25) is 19.4 Å². The summed E-state index contributed by atoms with van der Waals surface area (Å²) < 4.78 is 0. The fourth-order valence-electron chi connectivity index (χ4n) is 3.56. The molecule has 1 heterocycles. The second-order valence-electron chi connectivity index (χ2n) is 7.43. The van der Waals surface area contributed by atoms with Crippen molar-refractivity contribution < 1.29 is 9.59 Å². The molecule has 1 atom stereocenters. The Morgan fingerprint density at radius 3 is 2.37 bits per heavy atom. The molecule has 150 valence electrons. The van der Waals surface area contributed by atoms with Gasteiger partial charge in [-0.15, -0.1) is 0 Å². The molecule has 1 fully saturated rings. The van der Waals surface area contributed by atoms with Crippen LogP contribution in [0, 0.1) is 0 Å². The summed E-state index contributed by atoms with van der Waals surface area (Å²) in [6.07, 6.45) is 2.77. The van der Waals surface area contributed by atoms with Crippen LogP contribution in [0.2, 0.25) is 0 Å². The molecule has 27 heavy (non-hydrogen) atoms. The Bertz CT molecular complexity index is 624. The van der Waals surface area contributed by atoms with E-state index in [1.807, 2.05) is 48.2 Å². The lowest BCUT2D eigenvalue weighted by atomic mass is 10.1. The van der Waals surface area contributed by atoms with Crippen LogP contribution >= 0.6 is 0 Å². The summed E-state index contributed by atoms with van der Waals surface area (Å²) in [5.41, 5.74) is 2.04. The first-order chi connectivity index (χ1) is 13.0. The smallest absolute Gasteiger partial charge is 0.239 e. The minimum absolute atomic E-state index is 0.00725. The molecule has 0 saturated carbocycles. The number of benzene rings is 1. The predicted octanol–water partition coefficient (Wildman–Crippen LogP) is 2.06. The molecule has 2 rings (SSSR count). The van der Waals surface area contributed by atoms with Crippen molar-refractivity contribution in [1.82, 2.24) is 14.7 Å². The van der Waals surface area contributed by atoms with Crippen molar-refractivity contribution in [2.75, 3.05) is 52.1 Å². The van der Waals surface area contributed by atoms with Crippen LogP contribution in [0.4, 0.5) is 5.69 Å². The van der Waals surface area contributed by atoms with Crippen molar-refractivity contribution in [3.63, 3.8) is 0 Å². The first-order valence-corrected chi connectivity index (χ1v) is 10.0. The highest BCUT2D eigenvalue weighted by molar-refractivity contribution is 5.93. The molecule has 1 saturated heterocycles. The molecular weight excluding hydrogens is 340 g/mol. The van der Waals surface area contributed by atoms with E-state index in [1.54, 1.807) is 0 Å². The van der Waals surface area contributed by atoms with Gasteiger partial charge in [0, 0.05) is 31.9 Å². The number of anilines is 1. The highest BCUT2D eigenvalue weighted by Crippen LogP contribution is 2.16. The van der Waals surface area contributed by atoms with E-state index in [9.17, 15) is 9.59 Å². The normalized spacial score (nSPS) is 16.4. The average molecular weight is 375 g/mol. The molecule has 1 aliphatic heterocycles. The Balaban J connectivity index is 1.83. The number of carbonyl (C=O) groups is 2. The van der Waals surface area contributed by atoms with Crippen molar-refractivity contribution in [1.29, 1.82) is 0 Å². The molecule has 2 amide bonds. The lowest BCUT2D eigenvalue weighted by molar-refractivity contribution is -0.138. The fourth-order valence-corrected chi connectivity index (χ4v) is 3.56. The number of aryl methyl sites for hydroxylation is 1. The van der Waals surface area contributed by atoms with E-state index in [0.29, 0.717) is 19.6 Å². The standard InChI is InChI=1S/C21H34N4O2/c1-5-9-19(23(3)4)21(27)25-14-12-24(13-15-25)16-20(26)22-18-11-8-7-10-17(18)6-2/h7-8,10-11,19H,5-6,9,12-16H2,1-4H3,(H,22,26)/t19-/m1/s1. The van der Waals surface area contributed by atoms with E-state index in [2.05, 4.69) is 24.1 Å². The second kappa shape index (κ2) is 10.4. The first-order valence-electron chi connectivity index (χ1n) is 10.0. The number of carbonyl (C=O) groups excluding carboxylic acids is 2. The Morgan fingerprint density at radius 1 is 1.11 bits per heavy atom. The van der Waals surface area contributed by atoms with Gasteiger partial charge >= 0.3 is 0 Å². The molecule has 0 aliphatic carbocycles. The van der Waals surface area contributed by atoms with Gasteiger partial charge in [0.05, 0.1) is 12.6 Å². The highest BCUT2D eigenvalue weighted by atomic mass is 16.2. The van der Waals surface area contributed by atoms with Gasteiger partial charge in [-0.25, -0.2) is 0 Å². The number of para-hydroxylation sites is 1. The maximum atomic E-state index is 12.8. The van der Waals surface area contributed by atoms with Gasteiger partial charge in [-0.05, 0) is 38.6 Å². The van der Waals surface area contributed by atoms with Gasteiger partial charge in [0.2, 0.25) is 11.8 Å². The van der Waals surface area contributed by atoms with Gasteiger partial charge < -0.3 is 10.2 Å². The molecule has 1 aliphatic rings. The summed E-state index contributed by atoms with van der Waals surface area (Å²) in [5.74, 6) is 0.218. The van der Waals surface area contributed by atoms with Gasteiger partial charge in [0.25, 0.3) is 0 Å². The Labute approximate surface area is 163 Å². The monoisotopic (exact) mass is 374 g/mol. The second-order valence-corrected chi connectivity index (χ2v) is 7.43. The molecule has 0 radical (unpaired) electrons. The molecule has 6 nitrogen and oxygen atoms in total. The van der Waals surface area contributed by atoms with Gasteiger partial charge in [-0.1, -0.05) is 38.5 Å². The van der Waals surface area contributed by atoms with Crippen LogP contribution in [0.3, 0.4) is 0 Å². The predicted molar refractivity (Wildman–Crippen MR) is 110 cm³/mol. The van der Waals surface area contributed by atoms with Crippen LogP contribution in [0.25, 0.3) is 0 Å². The number of hydrogen-bond donors (Lipinski definition) is 1. The van der Waals surface area contributed by atoms with Gasteiger partial charge in [0.15, 0.2) is 0 Å². The van der Waals surface area contributed by atoms with Crippen LogP contribution in [0.15, 0.2) is 24.3 Å². The topological polar surface area (TPSA) is 55.9 Å². The molecule has 1 N–H and O–H groups in total. The molecule has 1 aromatic rings. The largest absolute Gasteiger partial charge is 0.339 e. The van der Waals surface area contributed by atoms with Crippen LogP contribution in [-0.4, -0.2) is 79.4 Å². The van der Waals surface area contributed by atoms with Crippen molar-refractivity contribution in [2.24, 2.45) is 0 Å². The first kappa shape index (κ1) is 21.4. The zero-order valence-corrected chi connectivity index (χ0v) is 17.2. The average Bonchev–Trinajstić information content (AvgIpc) is 2.66. The zero-order chi connectivity index (χ0) is 19.8. The number of nitrogens with one attached hydrogen (secondary N) is 1. The molecule has 1 aromatic carbocycles. The number of piperazine rings is 1. The van der Waals surface area contributed by atoms with Gasteiger partial charge in [-0.2, -0.15) is 0 Å². The number of nitrogens with zero attached hydrogens (tertiary/aromatic N) is 3. The van der Waals surface area contributed by atoms with E-state index < -0.39 is 0 Å². The van der Waals surface area contributed by atoms with E-state index in [-0.39, 0.29) is 17.9 Å². The molecule has 6 heteroatoms. The maximum Gasteiger partial charge on any atom is 0.239 e. The van der Waals surface area contributed by atoms with Crippen molar-refractivity contribution in [3.8, 4) is 0 Å². The van der Waals surface area contributed by atoms with E-state index in [1.165, 1.54) is 0 Å². The Hall–Kier alpha value is -1.92. The molecule has 0 aromatic heterocycles. The number of rotatable bonds is 8. The highest BCUT2D eigenvalue weighted by Gasteiger charge is 2.28. The summed E-state index contributed by atoms with van der Waals surface area (Å²) in [7, 11) is 3.93. The fraction of sp³-hybridized carbons (Fsp3) is 0.619. The van der Waals surface area contributed by atoms with Crippen LogP contribution < -0.4 is 5.32 Å². The molecule has 0 unspecified atom stereocenters. The van der Waals surface area contributed by atoms with Crippen molar-refractivity contribution in [3.05, 3.63) is 29.8 Å². The Morgan fingerprint density at radius 2 is 1.78 bits per heavy atom. The zero-order valence-electron chi connectivity index (χ0n) is 17.2. The van der Waals surface area contributed by atoms with Crippen molar-refractivity contribution in [2.45, 2.75) is 39.2 Å². The minimum Gasteiger partial charge on any atom is -0.339 e. The van der Waals surface area contributed by atoms with E-state index in [0.717, 1.165) is 43.6 Å². The summed E-state index contributed by atoms with van der Waals surface area (Å²) in [4.78, 5) is 31.2. The molecular formula is C21H34N4O2. The lowest BCUT2D eigenvalue weighted by Gasteiger charge is -2.37. The third-order valence-corrected chi connectivity index (χ3v) is 5.19. The summed E-state index contributed by atoms with van der Waals surface area (Å²) in [6, 6.07) is 7.87. The summed E-state index contributed by atoms with van der Waals surface area (Å²) in [6.45, 7) is 7.41. The Kier molecular flexibility index (Phi) is 8.25. The van der Waals surface area contributed by atoms with Crippen molar-refractivity contribution >= 4 is 17.5 Å². The quantitative estimate of drug-likeness (QED) is 0.757. The third-order valence-electron chi connectivity index (χ3n) is 5.19. The molecule has 0 spiro atoms. The number of likely N-dealkylation sites (N-methyl/N-ethyl adjacent to an activating group) is 1. The number of hydrogen-bond acceptors (Lipinski definition) is 4.